The van der Waals surface area contributed by atoms with Gasteiger partial charge in [-0.25, -0.2) is 0 Å². The Morgan fingerprint density at radius 2 is 2.05 bits per heavy atom. The van der Waals surface area contributed by atoms with Crippen LogP contribution in [0.25, 0.3) is 0 Å². The van der Waals surface area contributed by atoms with Gasteiger partial charge in [-0.2, -0.15) is 13.2 Å². The van der Waals surface area contributed by atoms with Gasteiger partial charge in [-0.05, 0) is 19.1 Å². The van der Waals surface area contributed by atoms with E-state index < -0.39 is 22.4 Å². The second-order valence-corrected chi connectivity index (χ2v) is 3.94. The highest BCUT2D eigenvalue weighted by Gasteiger charge is 2.32. The van der Waals surface area contributed by atoms with Crippen molar-refractivity contribution < 1.29 is 22.6 Å². The number of nitro groups is 1. The molecule has 0 aliphatic carbocycles. The van der Waals surface area contributed by atoms with Crippen LogP contribution in [-0.4, -0.2) is 10.1 Å². The molecule has 0 aliphatic rings. The Morgan fingerprint density at radius 1 is 1.35 bits per heavy atom. The monoisotopic (exact) mass is 287 g/mol. The molecule has 0 atom stereocenters. The van der Waals surface area contributed by atoms with Gasteiger partial charge in [-0.15, -0.1) is 0 Å². The molecule has 2 rings (SSSR count). The van der Waals surface area contributed by atoms with Crippen molar-refractivity contribution in [3.63, 3.8) is 0 Å². The molecule has 1 aromatic heterocycles. The molecule has 20 heavy (non-hydrogen) atoms. The van der Waals surface area contributed by atoms with E-state index in [1.807, 2.05) is 0 Å². The van der Waals surface area contributed by atoms with Crippen LogP contribution in [-0.2, 0) is 6.18 Å². The number of anilines is 2. The van der Waals surface area contributed by atoms with E-state index in [2.05, 4.69) is 10.5 Å². The molecule has 0 aliphatic heterocycles. The fraction of sp³-hybridized carbons (Fsp3) is 0.182. The number of nitrogens with one attached hydrogen (secondary N) is 1. The van der Waals surface area contributed by atoms with E-state index in [9.17, 15) is 23.3 Å². The minimum atomic E-state index is -4.59. The van der Waals surface area contributed by atoms with Crippen molar-refractivity contribution in [1.82, 2.24) is 5.16 Å². The molecule has 0 amide bonds. The summed E-state index contributed by atoms with van der Waals surface area (Å²) in [6.07, 6.45) is -4.59. The summed E-state index contributed by atoms with van der Waals surface area (Å²) in [5.41, 5.74) is -1.32. The van der Waals surface area contributed by atoms with E-state index in [1.54, 1.807) is 6.92 Å². The summed E-state index contributed by atoms with van der Waals surface area (Å²) in [5.74, 6) is 0.0184. The van der Waals surface area contributed by atoms with Crippen molar-refractivity contribution in [3.8, 4) is 0 Å². The summed E-state index contributed by atoms with van der Waals surface area (Å²) in [6.45, 7) is 1.61. The molecule has 0 bridgehead atoms. The maximum absolute atomic E-state index is 12.6. The highest BCUT2D eigenvalue weighted by Crippen LogP contribution is 2.36. The maximum atomic E-state index is 12.6. The number of aromatic nitrogens is 1. The van der Waals surface area contributed by atoms with Crippen molar-refractivity contribution in [2.24, 2.45) is 0 Å². The van der Waals surface area contributed by atoms with E-state index in [1.165, 1.54) is 6.07 Å². The lowest BCUT2D eigenvalue weighted by atomic mass is 10.1. The van der Waals surface area contributed by atoms with Crippen molar-refractivity contribution in [2.45, 2.75) is 13.1 Å². The molecule has 106 valence electrons. The smallest absolute Gasteiger partial charge is 0.338 e. The Balaban J connectivity index is 2.44. The molecular formula is C11H8F3N3O3. The van der Waals surface area contributed by atoms with Crippen molar-refractivity contribution in [3.05, 3.63) is 45.6 Å². The van der Waals surface area contributed by atoms with E-state index >= 15 is 0 Å². The van der Waals surface area contributed by atoms with Gasteiger partial charge in [0, 0.05) is 12.1 Å². The first-order valence-electron chi connectivity index (χ1n) is 5.33. The fourth-order valence-electron chi connectivity index (χ4n) is 1.53. The summed E-state index contributed by atoms with van der Waals surface area (Å²) in [4.78, 5) is 10.0. The van der Waals surface area contributed by atoms with Crippen LogP contribution in [0.3, 0.4) is 0 Å². The predicted octanol–water partition coefficient (Wildman–Crippen LogP) is 3.65. The SMILES string of the molecule is Cc1cc(Nc2cc(C(F)(F)F)ccc2[N+](=O)[O-])on1. The third kappa shape index (κ3) is 2.87. The Labute approximate surface area is 110 Å². The van der Waals surface area contributed by atoms with E-state index in [4.69, 9.17) is 4.52 Å². The summed E-state index contributed by atoms with van der Waals surface area (Å²) in [7, 11) is 0. The van der Waals surface area contributed by atoms with Gasteiger partial charge < -0.3 is 9.84 Å². The van der Waals surface area contributed by atoms with Crippen LogP contribution in [0, 0.1) is 17.0 Å². The number of rotatable bonds is 3. The molecule has 0 saturated carbocycles. The standard InChI is InChI=1S/C11H8F3N3O3/c1-6-4-10(20-16-6)15-8-5-7(11(12,13)14)2-3-9(8)17(18)19/h2-5,15H,1H3. The molecule has 0 fully saturated rings. The summed E-state index contributed by atoms with van der Waals surface area (Å²) in [6, 6.07) is 3.49. The van der Waals surface area contributed by atoms with Crippen LogP contribution >= 0.6 is 0 Å². The molecule has 0 spiro atoms. The normalized spacial score (nSPS) is 11.4. The quantitative estimate of drug-likeness (QED) is 0.688. The minimum absolute atomic E-state index is 0.0184. The number of aryl methyl sites for hydroxylation is 1. The number of alkyl halides is 3. The molecule has 9 heteroatoms. The molecule has 0 saturated heterocycles. The average Bonchev–Trinajstić information content (AvgIpc) is 2.73. The largest absolute Gasteiger partial charge is 0.416 e. The number of nitro benzene ring substituents is 1. The van der Waals surface area contributed by atoms with Gasteiger partial charge in [0.15, 0.2) is 0 Å². The molecular weight excluding hydrogens is 279 g/mol. The average molecular weight is 287 g/mol. The first kappa shape index (κ1) is 13.8. The van der Waals surface area contributed by atoms with Crippen LogP contribution < -0.4 is 5.32 Å². The zero-order valence-corrected chi connectivity index (χ0v) is 10.1. The van der Waals surface area contributed by atoms with Crippen molar-refractivity contribution in [2.75, 3.05) is 5.32 Å². The second-order valence-electron chi connectivity index (χ2n) is 3.94. The van der Waals surface area contributed by atoms with Crippen molar-refractivity contribution >= 4 is 17.3 Å². The Morgan fingerprint density at radius 3 is 2.55 bits per heavy atom. The van der Waals surface area contributed by atoms with E-state index in [0.717, 1.165) is 6.07 Å². The third-order valence-corrected chi connectivity index (χ3v) is 2.41. The van der Waals surface area contributed by atoms with Crippen LogP contribution in [0.15, 0.2) is 28.8 Å². The summed E-state index contributed by atoms with van der Waals surface area (Å²) >= 11 is 0. The number of halogens is 3. The molecule has 0 radical (unpaired) electrons. The maximum Gasteiger partial charge on any atom is 0.416 e. The molecule has 2 aromatic rings. The number of nitrogens with zero attached hydrogens (tertiary/aromatic N) is 2. The summed E-state index contributed by atoms with van der Waals surface area (Å²) in [5, 5.41) is 16.8. The molecule has 1 aromatic carbocycles. The van der Waals surface area contributed by atoms with Gasteiger partial charge in [-0.3, -0.25) is 10.1 Å². The van der Waals surface area contributed by atoms with Crippen LogP contribution in [0.5, 0.6) is 0 Å². The van der Waals surface area contributed by atoms with E-state index in [0.29, 0.717) is 17.8 Å². The lowest BCUT2D eigenvalue weighted by molar-refractivity contribution is -0.384. The first-order valence-corrected chi connectivity index (χ1v) is 5.33. The Kier molecular flexibility index (Phi) is 3.35. The topological polar surface area (TPSA) is 81.2 Å². The van der Waals surface area contributed by atoms with Gasteiger partial charge in [-0.1, -0.05) is 5.16 Å². The predicted molar refractivity (Wildman–Crippen MR) is 62.6 cm³/mol. The highest BCUT2D eigenvalue weighted by atomic mass is 19.4. The second kappa shape index (κ2) is 4.83. The zero-order valence-electron chi connectivity index (χ0n) is 10.1. The van der Waals surface area contributed by atoms with E-state index in [-0.39, 0.29) is 11.6 Å². The van der Waals surface area contributed by atoms with Crippen LogP contribution in [0.4, 0.5) is 30.4 Å². The lowest BCUT2D eigenvalue weighted by Gasteiger charge is -2.09. The molecule has 1 heterocycles. The summed E-state index contributed by atoms with van der Waals surface area (Å²) < 4.78 is 42.6. The zero-order chi connectivity index (χ0) is 14.9. The Hall–Kier alpha value is -2.58. The van der Waals surface area contributed by atoms with Gasteiger partial charge in [0.05, 0.1) is 16.2 Å². The first-order chi connectivity index (χ1) is 9.27. The molecule has 6 nitrogen and oxygen atoms in total. The fourth-order valence-corrected chi connectivity index (χ4v) is 1.53. The number of hydrogen-bond donors (Lipinski definition) is 1. The van der Waals surface area contributed by atoms with Crippen LogP contribution in [0.2, 0.25) is 0 Å². The lowest BCUT2D eigenvalue weighted by Crippen LogP contribution is -2.06. The minimum Gasteiger partial charge on any atom is -0.338 e. The van der Waals surface area contributed by atoms with Gasteiger partial charge in [0.2, 0.25) is 5.88 Å². The Bertz CT molecular complexity index is 652. The van der Waals surface area contributed by atoms with Crippen molar-refractivity contribution in [1.29, 1.82) is 0 Å². The van der Waals surface area contributed by atoms with Gasteiger partial charge in [0.25, 0.3) is 5.69 Å². The van der Waals surface area contributed by atoms with Gasteiger partial charge >= 0.3 is 6.18 Å². The highest BCUT2D eigenvalue weighted by molar-refractivity contribution is 5.68. The van der Waals surface area contributed by atoms with Gasteiger partial charge in [0.1, 0.15) is 5.69 Å². The molecule has 0 unspecified atom stereocenters. The number of hydrogen-bond acceptors (Lipinski definition) is 5. The van der Waals surface area contributed by atoms with Crippen LogP contribution in [0.1, 0.15) is 11.3 Å². The third-order valence-electron chi connectivity index (χ3n) is 2.41. The molecule has 1 N–H and O–H groups in total. The number of benzene rings is 1.